The quantitative estimate of drug-likeness (QED) is 0.580. The van der Waals surface area contributed by atoms with Crippen LogP contribution in [0.2, 0.25) is 0 Å². The van der Waals surface area contributed by atoms with Crippen molar-refractivity contribution < 1.29 is 13.9 Å². The molecule has 5 rings (SSSR count). The molecule has 1 atom stereocenters. The molecule has 34 heavy (non-hydrogen) atoms. The second-order valence-corrected chi connectivity index (χ2v) is 10.1. The summed E-state index contributed by atoms with van der Waals surface area (Å²) in [6.07, 6.45) is 2.79. The number of benzene rings is 2. The summed E-state index contributed by atoms with van der Waals surface area (Å²) in [6, 6.07) is 14.1. The van der Waals surface area contributed by atoms with Gasteiger partial charge in [-0.2, -0.15) is 16.9 Å². The van der Waals surface area contributed by atoms with E-state index in [1.807, 2.05) is 43.0 Å². The molecule has 1 amide bonds. The van der Waals surface area contributed by atoms with E-state index in [-0.39, 0.29) is 17.3 Å². The number of nitrogens with zero attached hydrogens (tertiary/aromatic N) is 3. The summed E-state index contributed by atoms with van der Waals surface area (Å²) in [6.45, 7) is 5.88. The smallest absolute Gasteiger partial charge is 0.255 e. The van der Waals surface area contributed by atoms with Crippen LogP contribution in [-0.4, -0.2) is 70.5 Å². The van der Waals surface area contributed by atoms with E-state index in [4.69, 9.17) is 9.84 Å². The fourth-order valence-electron chi connectivity index (χ4n) is 4.75. The van der Waals surface area contributed by atoms with Gasteiger partial charge in [0.15, 0.2) is 0 Å². The Labute approximate surface area is 203 Å². The van der Waals surface area contributed by atoms with Gasteiger partial charge in [0.05, 0.1) is 24.5 Å². The molecular formula is C26H29FN4O2S. The molecule has 1 aromatic heterocycles. The number of hydrogen-bond donors (Lipinski definition) is 1. The zero-order valence-electron chi connectivity index (χ0n) is 19.3. The number of thioether (sulfide) groups is 1. The van der Waals surface area contributed by atoms with Crippen molar-refractivity contribution in [2.45, 2.75) is 18.9 Å². The topological polar surface area (TPSA) is 59.4 Å². The zero-order chi connectivity index (χ0) is 23.5. The first-order valence-electron chi connectivity index (χ1n) is 11.7. The minimum Gasteiger partial charge on any atom is -0.379 e. The first kappa shape index (κ1) is 23.1. The van der Waals surface area contributed by atoms with Gasteiger partial charge in [0.1, 0.15) is 11.5 Å². The van der Waals surface area contributed by atoms with Gasteiger partial charge < -0.3 is 10.1 Å². The molecule has 8 heteroatoms. The van der Waals surface area contributed by atoms with Gasteiger partial charge in [0.2, 0.25) is 0 Å². The van der Waals surface area contributed by atoms with Crippen LogP contribution in [0, 0.1) is 12.7 Å². The summed E-state index contributed by atoms with van der Waals surface area (Å²) < 4.78 is 20.7. The van der Waals surface area contributed by atoms with Crippen molar-refractivity contribution >= 4 is 17.7 Å². The van der Waals surface area contributed by atoms with Crippen LogP contribution in [0.1, 0.15) is 22.3 Å². The van der Waals surface area contributed by atoms with Gasteiger partial charge in [-0.05, 0) is 49.4 Å². The lowest BCUT2D eigenvalue weighted by Gasteiger charge is -2.43. The minimum atomic E-state index is -0.310. The van der Waals surface area contributed by atoms with Gasteiger partial charge in [-0.1, -0.05) is 23.8 Å². The Morgan fingerprint density at radius 2 is 2.00 bits per heavy atom. The number of halogens is 1. The zero-order valence-corrected chi connectivity index (χ0v) is 20.1. The van der Waals surface area contributed by atoms with E-state index in [1.165, 1.54) is 12.1 Å². The van der Waals surface area contributed by atoms with Gasteiger partial charge >= 0.3 is 0 Å². The largest absolute Gasteiger partial charge is 0.379 e. The first-order valence-corrected chi connectivity index (χ1v) is 12.8. The van der Waals surface area contributed by atoms with Gasteiger partial charge in [-0.3, -0.25) is 9.69 Å². The lowest BCUT2D eigenvalue weighted by molar-refractivity contribution is -0.0129. The highest BCUT2D eigenvalue weighted by molar-refractivity contribution is 7.99. The maximum atomic E-state index is 13.5. The Kier molecular flexibility index (Phi) is 6.72. The van der Waals surface area contributed by atoms with Crippen LogP contribution in [0.3, 0.4) is 0 Å². The van der Waals surface area contributed by atoms with Crippen LogP contribution < -0.4 is 5.32 Å². The van der Waals surface area contributed by atoms with Gasteiger partial charge in [-0.25, -0.2) is 9.07 Å². The molecular weight excluding hydrogens is 451 g/mol. The Hall–Kier alpha value is -2.68. The molecule has 1 unspecified atom stereocenters. The second-order valence-electron chi connectivity index (χ2n) is 8.99. The summed E-state index contributed by atoms with van der Waals surface area (Å²) in [4.78, 5) is 16.0. The average Bonchev–Trinajstić information content (AvgIpc) is 3.52. The Balaban J connectivity index is 1.44. The van der Waals surface area contributed by atoms with Crippen LogP contribution in [0.25, 0.3) is 16.9 Å². The molecule has 1 N–H and O–H groups in total. The second kappa shape index (κ2) is 9.90. The Morgan fingerprint density at radius 3 is 2.71 bits per heavy atom. The van der Waals surface area contributed by atoms with Gasteiger partial charge in [0.25, 0.3) is 5.91 Å². The van der Waals surface area contributed by atoms with Crippen LogP contribution in [-0.2, 0) is 4.74 Å². The molecule has 2 fully saturated rings. The van der Waals surface area contributed by atoms with Crippen molar-refractivity contribution in [1.82, 2.24) is 20.0 Å². The van der Waals surface area contributed by atoms with Crippen molar-refractivity contribution in [2.75, 3.05) is 44.4 Å². The molecule has 0 bridgehead atoms. The standard InChI is InChI=1S/C26H29FN4O2S/c1-19-3-2-4-20(15-19)24-23(16-31(29-24)22-7-5-21(27)6-8-22)25(32)28-17-26(9-14-34-18-26)30-10-12-33-13-11-30/h2-8,15-16H,9-14,17-18H2,1H3,(H,28,32). The summed E-state index contributed by atoms with van der Waals surface area (Å²) >= 11 is 1.95. The molecule has 0 saturated carbocycles. The maximum Gasteiger partial charge on any atom is 0.255 e. The predicted octanol–water partition coefficient (Wildman–Crippen LogP) is 3.92. The van der Waals surface area contributed by atoms with Crippen molar-refractivity contribution in [3.63, 3.8) is 0 Å². The highest BCUT2D eigenvalue weighted by atomic mass is 32.2. The predicted molar refractivity (Wildman–Crippen MR) is 133 cm³/mol. The monoisotopic (exact) mass is 480 g/mol. The molecule has 2 saturated heterocycles. The molecule has 2 aliphatic heterocycles. The summed E-state index contributed by atoms with van der Waals surface area (Å²) in [5.74, 6) is 1.65. The van der Waals surface area contributed by atoms with E-state index in [1.54, 1.807) is 23.0 Å². The molecule has 2 aromatic carbocycles. The fourth-order valence-corrected chi connectivity index (χ4v) is 6.22. The van der Waals surface area contributed by atoms with E-state index in [2.05, 4.69) is 10.2 Å². The molecule has 0 radical (unpaired) electrons. The highest BCUT2D eigenvalue weighted by Gasteiger charge is 2.41. The molecule has 6 nitrogen and oxygen atoms in total. The van der Waals surface area contributed by atoms with E-state index >= 15 is 0 Å². The third-order valence-corrected chi connectivity index (χ3v) is 7.92. The third-order valence-electron chi connectivity index (χ3n) is 6.68. The average molecular weight is 481 g/mol. The SMILES string of the molecule is Cc1cccc(-c2nn(-c3ccc(F)cc3)cc2C(=O)NCC2(N3CCOCC3)CCSC2)c1. The lowest BCUT2D eigenvalue weighted by atomic mass is 9.95. The number of carbonyl (C=O) groups is 1. The van der Waals surface area contributed by atoms with Crippen LogP contribution in [0.5, 0.6) is 0 Å². The summed E-state index contributed by atoms with van der Waals surface area (Å²) in [5.41, 5.74) is 3.76. The summed E-state index contributed by atoms with van der Waals surface area (Å²) in [5, 5.41) is 7.96. The van der Waals surface area contributed by atoms with Crippen LogP contribution in [0.15, 0.2) is 54.7 Å². The van der Waals surface area contributed by atoms with E-state index in [9.17, 15) is 9.18 Å². The fraction of sp³-hybridized carbons (Fsp3) is 0.385. The number of rotatable bonds is 6. The number of nitrogens with one attached hydrogen (secondary N) is 1. The van der Waals surface area contributed by atoms with E-state index < -0.39 is 0 Å². The molecule has 3 aromatic rings. The number of carbonyl (C=O) groups excluding carboxylic acids is 1. The Morgan fingerprint density at radius 1 is 1.21 bits per heavy atom. The van der Waals surface area contributed by atoms with Crippen molar-refractivity contribution in [3.8, 4) is 16.9 Å². The molecule has 0 aliphatic carbocycles. The van der Waals surface area contributed by atoms with Crippen LogP contribution >= 0.6 is 11.8 Å². The Bertz CT molecular complexity index is 1150. The number of ether oxygens (including phenoxy) is 1. The van der Waals surface area contributed by atoms with Gasteiger partial charge in [0, 0.05) is 42.7 Å². The molecule has 0 spiro atoms. The molecule has 2 aliphatic rings. The van der Waals surface area contributed by atoms with Crippen molar-refractivity contribution in [3.05, 3.63) is 71.7 Å². The van der Waals surface area contributed by atoms with E-state index in [0.29, 0.717) is 23.5 Å². The number of hydrogen-bond acceptors (Lipinski definition) is 5. The number of amides is 1. The minimum absolute atomic E-state index is 0.0411. The van der Waals surface area contributed by atoms with Gasteiger partial charge in [-0.15, -0.1) is 0 Å². The number of aromatic nitrogens is 2. The highest BCUT2D eigenvalue weighted by Crippen LogP contribution is 2.34. The maximum absolute atomic E-state index is 13.5. The number of morpholine rings is 1. The van der Waals surface area contributed by atoms with Crippen LogP contribution in [0.4, 0.5) is 4.39 Å². The molecule has 3 heterocycles. The van der Waals surface area contributed by atoms with Crippen molar-refractivity contribution in [1.29, 1.82) is 0 Å². The normalized spacial score (nSPS) is 21.0. The lowest BCUT2D eigenvalue weighted by Crippen LogP contribution is -2.59. The summed E-state index contributed by atoms with van der Waals surface area (Å²) in [7, 11) is 0. The molecule has 178 valence electrons. The first-order chi connectivity index (χ1) is 16.5. The third kappa shape index (κ3) is 4.76. The van der Waals surface area contributed by atoms with Crippen molar-refractivity contribution in [2.24, 2.45) is 0 Å². The van der Waals surface area contributed by atoms with E-state index in [0.717, 1.165) is 55.4 Å². The number of aryl methyl sites for hydroxylation is 1.